The van der Waals surface area contributed by atoms with Crippen LogP contribution in [0.25, 0.3) is 5.73 Å². The Morgan fingerprint density at radius 1 is 1.40 bits per heavy atom. The third-order valence-electron chi connectivity index (χ3n) is 0.399. The van der Waals surface area contributed by atoms with Crippen LogP contribution in [0, 0.1) is 0 Å². The maximum atomic E-state index is 9.90. The van der Waals surface area contributed by atoms with Gasteiger partial charge in [-0.25, -0.2) is 0 Å². The summed E-state index contributed by atoms with van der Waals surface area (Å²) >= 11 is 0. The molecule has 0 rings (SSSR count). The molecule has 0 aliphatic carbocycles. The Kier molecular flexibility index (Phi) is 10.2. The summed E-state index contributed by atoms with van der Waals surface area (Å²) in [7, 11) is 0. The van der Waals surface area contributed by atoms with E-state index in [9.17, 15) is 4.79 Å². The molecule has 0 bridgehead atoms. The van der Waals surface area contributed by atoms with Crippen molar-refractivity contribution in [3.8, 4) is 0 Å². The van der Waals surface area contributed by atoms with E-state index in [2.05, 4.69) is 4.74 Å². The Hall–Kier alpha value is 0.334. The SMILES string of the molecule is CC(C)(C)OC([NH-])=O.O.[Y]. The molecule has 10 heavy (non-hydrogen) atoms. The molecule has 0 heterocycles. The zero-order valence-corrected chi connectivity index (χ0v) is 9.23. The van der Waals surface area contributed by atoms with Gasteiger partial charge in [-0.1, -0.05) is 0 Å². The minimum atomic E-state index is -0.975. The van der Waals surface area contributed by atoms with Gasteiger partial charge in [0.1, 0.15) is 5.60 Å². The molecule has 4 nitrogen and oxygen atoms in total. The van der Waals surface area contributed by atoms with Gasteiger partial charge in [-0.15, -0.1) is 0 Å². The number of ether oxygens (including phenoxy) is 1. The number of carbonyl (C=O) groups is 1. The maximum Gasteiger partial charge on any atom is 0.227 e. The van der Waals surface area contributed by atoms with Crippen LogP contribution in [0.1, 0.15) is 20.8 Å². The van der Waals surface area contributed by atoms with Gasteiger partial charge in [0.05, 0.1) is 0 Å². The molecule has 1 radical (unpaired) electrons. The largest absolute Gasteiger partial charge is 0.632 e. The Bertz CT molecular complexity index is 99.6. The summed E-state index contributed by atoms with van der Waals surface area (Å²) in [6, 6.07) is 0. The summed E-state index contributed by atoms with van der Waals surface area (Å²) in [5.41, 5.74) is 5.86. The molecule has 1 amide bonds. The van der Waals surface area contributed by atoms with Crippen molar-refractivity contribution >= 4 is 6.09 Å². The first kappa shape index (κ1) is 16.7. The quantitative estimate of drug-likeness (QED) is 0.617. The smallest absolute Gasteiger partial charge is 0.227 e. The number of amides is 1. The molecule has 0 atom stereocenters. The van der Waals surface area contributed by atoms with Crippen LogP contribution in [0.4, 0.5) is 4.79 Å². The normalized spacial score (nSPS) is 8.70. The molecule has 0 spiro atoms. The molecule has 0 aromatic rings. The van der Waals surface area contributed by atoms with Crippen molar-refractivity contribution in [1.29, 1.82) is 0 Å². The Morgan fingerprint density at radius 3 is 1.70 bits per heavy atom. The van der Waals surface area contributed by atoms with Crippen LogP contribution in [-0.2, 0) is 37.4 Å². The molecule has 59 valence electrons. The van der Waals surface area contributed by atoms with Gasteiger partial charge >= 0.3 is 0 Å². The van der Waals surface area contributed by atoms with Gasteiger partial charge in [0, 0.05) is 32.7 Å². The summed E-state index contributed by atoms with van der Waals surface area (Å²) in [5.74, 6) is 0. The Labute approximate surface area is 85.7 Å². The molecule has 0 aliphatic rings. The first-order chi connectivity index (χ1) is 3.42. The molecular weight excluding hydrogens is 211 g/mol. The fourth-order valence-electron chi connectivity index (χ4n) is 0.278. The number of hydrogen-bond donors (Lipinski definition) is 0. The number of rotatable bonds is 0. The summed E-state index contributed by atoms with van der Waals surface area (Å²) in [6.45, 7) is 5.16. The zero-order valence-electron chi connectivity index (χ0n) is 6.39. The third-order valence-corrected chi connectivity index (χ3v) is 0.399. The molecule has 0 aliphatic heterocycles. The van der Waals surface area contributed by atoms with Crippen molar-refractivity contribution < 1.29 is 47.7 Å². The average molecular weight is 223 g/mol. The number of hydrogen-bond acceptors (Lipinski definition) is 2. The molecular formula is C5H12NO3Y-. The molecule has 5 heteroatoms. The predicted octanol–water partition coefficient (Wildman–Crippen LogP) is 1.15. The molecule has 3 N–H and O–H groups in total. The van der Waals surface area contributed by atoms with Crippen molar-refractivity contribution in [2.24, 2.45) is 0 Å². The summed E-state index contributed by atoms with van der Waals surface area (Å²) < 4.78 is 4.47. The number of carbonyl (C=O) groups excluding carboxylic acids is 1. The van der Waals surface area contributed by atoms with Crippen LogP contribution in [0.2, 0.25) is 0 Å². The topological polar surface area (TPSA) is 81.6 Å². The monoisotopic (exact) mass is 223 g/mol. The van der Waals surface area contributed by atoms with E-state index in [0.29, 0.717) is 0 Å². The van der Waals surface area contributed by atoms with Crippen molar-refractivity contribution in [3.63, 3.8) is 0 Å². The van der Waals surface area contributed by atoms with Gasteiger partial charge in [-0.3, -0.25) is 4.79 Å². The van der Waals surface area contributed by atoms with Crippen LogP contribution in [0.5, 0.6) is 0 Å². The van der Waals surface area contributed by atoms with E-state index >= 15 is 0 Å². The molecule has 0 saturated carbocycles. The van der Waals surface area contributed by atoms with Crippen LogP contribution < -0.4 is 0 Å². The van der Waals surface area contributed by atoms with Crippen molar-refractivity contribution in [1.82, 2.24) is 0 Å². The predicted molar refractivity (Wildman–Crippen MR) is 34.2 cm³/mol. The summed E-state index contributed by atoms with van der Waals surface area (Å²) in [6.07, 6.45) is -0.975. The van der Waals surface area contributed by atoms with E-state index in [1.165, 1.54) is 0 Å². The minimum Gasteiger partial charge on any atom is -0.632 e. The standard InChI is InChI=1S/C5H11NO2.H2O.Y/c1-5(2,3)8-4(6)7;;/h1-3H3,(H2,6,7);1H2;/p-1. The van der Waals surface area contributed by atoms with Gasteiger partial charge in [0.2, 0.25) is 6.09 Å². The van der Waals surface area contributed by atoms with Crippen molar-refractivity contribution in [3.05, 3.63) is 5.73 Å². The molecule has 0 aromatic carbocycles. The third kappa shape index (κ3) is 15.8. The van der Waals surface area contributed by atoms with Crippen molar-refractivity contribution in [2.75, 3.05) is 0 Å². The number of nitrogens with one attached hydrogen (secondary N) is 1. The minimum absolute atomic E-state index is 0. The van der Waals surface area contributed by atoms with Gasteiger partial charge in [-0.05, 0) is 20.8 Å². The van der Waals surface area contributed by atoms with E-state index in [4.69, 9.17) is 5.73 Å². The van der Waals surface area contributed by atoms with Gasteiger partial charge in [0.15, 0.2) is 0 Å². The first-order valence-corrected chi connectivity index (χ1v) is 2.36. The van der Waals surface area contributed by atoms with E-state index in [-0.39, 0.29) is 38.2 Å². The molecule has 0 unspecified atom stereocenters. The van der Waals surface area contributed by atoms with Crippen LogP contribution in [-0.4, -0.2) is 17.2 Å². The van der Waals surface area contributed by atoms with E-state index in [1.807, 2.05) is 0 Å². The zero-order chi connectivity index (χ0) is 6.78. The summed E-state index contributed by atoms with van der Waals surface area (Å²) in [5, 5.41) is 0. The first-order valence-electron chi connectivity index (χ1n) is 2.36. The van der Waals surface area contributed by atoms with Crippen molar-refractivity contribution in [2.45, 2.75) is 26.4 Å². The van der Waals surface area contributed by atoms with E-state index in [1.54, 1.807) is 20.8 Å². The summed E-state index contributed by atoms with van der Waals surface area (Å²) in [4.78, 5) is 9.90. The van der Waals surface area contributed by atoms with E-state index in [0.717, 1.165) is 0 Å². The Morgan fingerprint density at radius 2 is 1.70 bits per heavy atom. The second-order valence-corrected chi connectivity index (χ2v) is 2.50. The van der Waals surface area contributed by atoms with Crippen LogP contribution in [0.3, 0.4) is 0 Å². The second-order valence-electron chi connectivity index (χ2n) is 2.50. The Balaban J connectivity index is -0.000000245. The van der Waals surface area contributed by atoms with Gasteiger partial charge in [-0.2, -0.15) is 0 Å². The second kappa shape index (κ2) is 6.07. The van der Waals surface area contributed by atoms with Crippen LogP contribution >= 0.6 is 0 Å². The van der Waals surface area contributed by atoms with Crippen LogP contribution in [0.15, 0.2) is 0 Å². The molecule has 0 saturated heterocycles. The fraction of sp³-hybridized carbons (Fsp3) is 0.800. The average Bonchev–Trinajstić information content (AvgIpc) is 1.21. The van der Waals surface area contributed by atoms with Gasteiger partial charge < -0.3 is 15.9 Å². The van der Waals surface area contributed by atoms with E-state index < -0.39 is 11.7 Å². The maximum absolute atomic E-state index is 9.90. The fourth-order valence-corrected chi connectivity index (χ4v) is 0.278. The molecule has 0 aromatic heterocycles. The van der Waals surface area contributed by atoms with Gasteiger partial charge in [0.25, 0.3) is 0 Å². The molecule has 0 fully saturated rings.